The van der Waals surface area contributed by atoms with Crippen molar-refractivity contribution in [2.45, 2.75) is 37.5 Å². The largest absolute Gasteiger partial charge is 0.381 e. The van der Waals surface area contributed by atoms with Gasteiger partial charge in [0, 0.05) is 12.5 Å². The molecule has 0 radical (unpaired) electrons. The van der Waals surface area contributed by atoms with Gasteiger partial charge in [-0.2, -0.15) is 0 Å². The number of ether oxygens (including phenoxy) is 1. The first-order chi connectivity index (χ1) is 8.34. The minimum Gasteiger partial charge on any atom is -0.381 e. The van der Waals surface area contributed by atoms with Crippen molar-refractivity contribution >= 4 is 11.6 Å². The number of hydrogen-bond acceptors (Lipinski definition) is 1. The molecular weight excluding hydrogens is 232 g/mol. The van der Waals surface area contributed by atoms with Crippen LogP contribution in [0.4, 0.5) is 0 Å². The zero-order valence-electron chi connectivity index (χ0n) is 10.1. The number of halogens is 1. The van der Waals surface area contributed by atoms with Crippen LogP contribution >= 0.6 is 11.6 Å². The second kappa shape index (κ2) is 4.99. The molecule has 1 saturated heterocycles. The van der Waals surface area contributed by atoms with E-state index in [1.54, 1.807) is 0 Å². The van der Waals surface area contributed by atoms with Gasteiger partial charge in [-0.15, -0.1) is 11.6 Å². The molecule has 1 aromatic rings. The van der Waals surface area contributed by atoms with Crippen LogP contribution in [-0.2, 0) is 17.6 Å². The summed E-state index contributed by atoms with van der Waals surface area (Å²) < 4.78 is 5.43. The van der Waals surface area contributed by atoms with E-state index in [0.29, 0.717) is 5.92 Å². The molecule has 0 bridgehead atoms. The van der Waals surface area contributed by atoms with Crippen LogP contribution in [0.3, 0.4) is 0 Å². The smallest absolute Gasteiger partial charge is 0.0636 e. The summed E-state index contributed by atoms with van der Waals surface area (Å²) in [6.07, 6.45) is 6.25. The topological polar surface area (TPSA) is 9.23 Å². The van der Waals surface area contributed by atoms with E-state index in [2.05, 4.69) is 18.2 Å². The van der Waals surface area contributed by atoms with Crippen molar-refractivity contribution in [2.24, 2.45) is 5.92 Å². The number of hydrogen-bond donors (Lipinski definition) is 0. The summed E-state index contributed by atoms with van der Waals surface area (Å²) in [7, 11) is 0. The number of benzene rings is 1. The maximum absolute atomic E-state index is 6.57. The SMILES string of the molecule is ClC(c1ccc2c(c1)CCCC2)C1CCOC1. The van der Waals surface area contributed by atoms with Gasteiger partial charge in [-0.05, 0) is 48.8 Å². The molecule has 0 spiro atoms. The van der Waals surface area contributed by atoms with E-state index in [0.717, 1.165) is 19.6 Å². The average Bonchev–Trinajstić information content (AvgIpc) is 2.91. The molecule has 1 aromatic carbocycles. The summed E-state index contributed by atoms with van der Waals surface area (Å²) in [5.41, 5.74) is 4.35. The van der Waals surface area contributed by atoms with Crippen LogP contribution in [0.15, 0.2) is 18.2 Å². The predicted molar refractivity (Wildman–Crippen MR) is 70.6 cm³/mol. The van der Waals surface area contributed by atoms with Crippen LogP contribution < -0.4 is 0 Å². The van der Waals surface area contributed by atoms with Gasteiger partial charge < -0.3 is 4.74 Å². The Balaban J connectivity index is 1.82. The Morgan fingerprint density at radius 3 is 2.76 bits per heavy atom. The monoisotopic (exact) mass is 250 g/mol. The van der Waals surface area contributed by atoms with Gasteiger partial charge in [-0.25, -0.2) is 0 Å². The molecular formula is C15H19ClO. The molecule has 0 N–H and O–H groups in total. The van der Waals surface area contributed by atoms with Crippen molar-refractivity contribution < 1.29 is 4.74 Å². The van der Waals surface area contributed by atoms with Gasteiger partial charge in [0.2, 0.25) is 0 Å². The number of aryl methyl sites for hydroxylation is 2. The second-order valence-corrected chi connectivity index (χ2v) is 5.73. The van der Waals surface area contributed by atoms with Crippen LogP contribution in [0.2, 0.25) is 0 Å². The van der Waals surface area contributed by atoms with E-state index in [4.69, 9.17) is 16.3 Å². The highest BCUT2D eigenvalue weighted by Crippen LogP contribution is 2.36. The van der Waals surface area contributed by atoms with E-state index < -0.39 is 0 Å². The van der Waals surface area contributed by atoms with Crippen molar-refractivity contribution in [3.8, 4) is 0 Å². The van der Waals surface area contributed by atoms with Crippen molar-refractivity contribution in [1.82, 2.24) is 0 Å². The Hall–Kier alpha value is -0.530. The minimum absolute atomic E-state index is 0.129. The summed E-state index contributed by atoms with van der Waals surface area (Å²) in [4.78, 5) is 0. The lowest BCUT2D eigenvalue weighted by Crippen LogP contribution is -2.10. The molecule has 1 aliphatic heterocycles. The fourth-order valence-corrected chi connectivity index (χ4v) is 3.32. The van der Waals surface area contributed by atoms with Crippen molar-refractivity contribution in [3.05, 3.63) is 34.9 Å². The molecule has 2 unspecified atom stereocenters. The van der Waals surface area contributed by atoms with Gasteiger partial charge in [0.15, 0.2) is 0 Å². The Bertz CT molecular complexity index is 396. The molecule has 0 aromatic heterocycles. The van der Waals surface area contributed by atoms with Crippen molar-refractivity contribution in [3.63, 3.8) is 0 Å². The van der Waals surface area contributed by atoms with Gasteiger partial charge in [0.05, 0.1) is 12.0 Å². The van der Waals surface area contributed by atoms with Crippen LogP contribution in [0, 0.1) is 5.92 Å². The van der Waals surface area contributed by atoms with Crippen LogP contribution in [-0.4, -0.2) is 13.2 Å². The number of rotatable bonds is 2. The lowest BCUT2D eigenvalue weighted by molar-refractivity contribution is 0.185. The molecule has 1 heterocycles. The van der Waals surface area contributed by atoms with Crippen LogP contribution in [0.5, 0.6) is 0 Å². The molecule has 2 atom stereocenters. The molecule has 92 valence electrons. The Morgan fingerprint density at radius 2 is 2.00 bits per heavy atom. The predicted octanol–water partition coefficient (Wildman–Crippen LogP) is 3.88. The average molecular weight is 251 g/mol. The van der Waals surface area contributed by atoms with E-state index in [9.17, 15) is 0 Å². The van der Waals surface area contributed by atoms with E-state index in [1.807, 2.05) is 0 Å². The van der Waals surface area contributed by atoms with Crippen molar-refractivity contribution in [2.75, 3.05) is 13.2 Å². The highest BCUT2D eigenvalue weighted by molar-refractivity contribution is 6.21. The molecule has 1 aliphatic carbocycles. The molecule has 0 saturated carbocycles. The lowest BCUT2D eigenvalue weighted by Gasteiger charge is -2.20. The summed E-state index contributed by atoms with van der Waals surface area (Å²) in [6, 6.07) is 6.85. The van der Waals surface area contributed by atoms with Gasteiger partial charge in [0.1, 0.15) is 0 Å². The van der Waals surface area contributed by atoms with Crippen LogP contribution in [0.1, 0.15) is 41.3 Å². The lowest BCUT2D eigenvalue weighted by atomic mass is 9.88. The van der Waals surface area contributed by atoms with E-state index >= 15 is 0 Å². The summed E-state index contributed by atoms with van der Waals surface area (Å²) in [5, 5.41) is 0.129. The van der Waals surface area contributed by atoms with E-state index in [-0.39, 0.29) is 5.38 Å². The maximum Gasteiger partial charge on any atom is 0.0636 e. The molecule has 2 aliphatic rings. The normalized spacial score (nSPS) is 25.6. The number of alkyl halides is 1. The molecule has 0 amide bonds. The second-order valence-electron chi connectivity index (χ2n) is 5.26. The molecule has 17 heavy (non-hydrogen) atoms. The zero-order chi connectivity index (χ0) is 11.7. The number of fused-ring (bicyclic) bond motifs is 1. The zero-order valence-corrected chi connectivity index (χ0v) is 10.9. The van der Waals surface area contributed by atoms with Gasteiger partial charge in [-0.3, -0.25) is 0 Å². The van der Waals surface area contributed by atoms with E-state index in [1.165, 1.54) is 42.4 Å². The van der Waals surface area contributed by atoms with Gasteiger partial charge in [0.25, 0.3) is 0 Å². The Labute approximate surface area is 108 Å². The summed E-state index contributed by atoms with van der Waals surface area (Å²) in [6.45, 7) is 1.70. The van der Waals surface area contributed by atoms with Crippen molar-refractivity contribution in [1.29, 1.82) is 0 Å². The third-order valence-electron chi connectivity index (χ3n) is 4.07. The van der Waals surface area contributed by atoms with Gasteiger partial charge in [-0.1, -0.05) is 18.2 Å². The standard InChI is InChI=1S/C15H19ClO/c16-15(14-7-8-17-10-14)13-6-5-11-3-1-2-4-12(11)9-13/h5-6,9,14-15H,1-4,7-8,10H2. The Morgan fingerprint density at radius 1 is 1.18 bits per heavy atom. The minimum atomic E-state index is 0.129. The third-order valence-corrected chi connectivity index (χ3v) is 4.68. The maximum atomic E-state index is 6.57. The molecule has 3 rings (SSSR count). The Kier molecular flexibility index (Phi) is 3.39. The summed E-state index contributed by atoms with van der Waals surface area (Å²) >= 11 is 6.57. The quantitative estimate of drug-likeness (QED) is 0.724. The highest BCUT2D eigenvalue weighted by Gasteiger charge is 2.25. The first-order valence-electron chi connectivity index (χ1n) is 6.68. The fraction of sp³-hybridized carbons (Fsp3) is 0.600. The summed E-state index contributed by atoms with van der Waals surface area (Å²) in [5.74, 6) is 0.498. The first-order valence-corrected chi connectivity index (χ1v) is 7.12. The highest BCUT2D eigenvalue weighted by atomic mass is 35.5. The first kappa shape index (κ1) is 11.6. The van der Waals surface area contributed by atoms with Gasteiger partial charge >= 0.3 is 0 Å². The van der Waals surface area contributed by atoms with Crippen LogP contribution in [0.25, 0.3) is 0 Å². The molecule has 1 fully saturated rings. The third kappa shape index (κ3) is 2.36. The molecule has 2 heteroatoms. The fourth-order valence-electron chi connectivity index (χ4n) is 2.98. The molecule has 1 nitrogen and oxygen atoms in total.